The predicted octanol–water partition coefficient (Wildman–Crippen LogP) is 3.83. The summed E-state index contributed by atoms with van der Waals surface area (Å²) in [6, 6.07) is 12.3. The van der Waals surface area contributed by atoms with Gasteiger partial charge in [0.15, 0.2) is 5.75 Å². The molecule has 6 nitrogen and oxygen atoms in total. The van der Waals surface area contributed by atoms with Gasteiger partial charge in [-0.3, -0.25) is 9.78 Å². The molecule has 0 radical (unpaired) electrons. The molecule has 0 bridgehead atoms. The Morgan fingerprint density at radius 3 is 2.79 bits per heavy atom. The molecule has 24 heavy (non-hydrogen) atoms. The lowest BCUT2D eigenvalue weighted by Crippen LogP contribution is -2.12. The summed E-state index contributed by atoms with van der Waals surface area (Å²) in [5, 5.41) is 13.9. The summed E-state index contributed by atoms with van der Waals surface area (Å²) < 4.78 is 8.32. The number of rotatable bonds is 2. The summed E-state index contributed by atoms with van der Waals surface area (Å²) in [5.41, 5.74) is 2.47. The van der Waals surface area contributed by atoms with Crippen LogP contribution in [0.1, 0.15) is 17.8 Å². The number of nitrogens with one attached hydrogen (secondary N) is 1. The summed E-state index contributed by atoms with van der Waals surface area (Å²) in [6.45, 7) is 0. The highest BCUT2D eigenvalue weighted by molar-refractivity contribution is 7.00. The number of phenolic OH excluding ortho intramolecular Hbond substituents is 1. The van der Waals surface area contributed by atoms with Gasteiger partial charge in [-0.05, 0) is 24.3 Å². The van der Waals surface area contributed by atoms with E-state index in [1.807, 2.05) is 12.1 Å². The number of pyridine rings is 1. The third kappa shape index (κ3) is 2.55. The normalized spacial score (nSPS) is 10.5. The Labute approximate surface area is 142 Å². The van der Waals surface area contributed by atoms with E-state index in [9.17, 15) is 9.90 Å². The monoisotopic (exact) mass is 338 g/mol. The number of anilines is 1. The molecular weight excluding hydrogens is 324 g/mol. The Morgan fingerprint density at radius 1 is 1.04 bits per heavy atom. The third-order valence-electron chi connectivity index (χ3n) is 3.53. The Hall–Kier alpha value is -3.06. The number of amides is 1. The highest BCUT2D eigenvalue weighted by Gasteiger charge is 2.16. The maximum Gasteiger partial charge on any atom is 0.259 e. The van der Waals surface area contributed by atoms with E-state index in [4.69, 9.17) is 0 Å². The maximum absolute atomic E-state index is 12.5. The van der Waals surface area contributed by atoms with Crippen LogP contribution >= 0.6 is 11.7 Å². The fourth-order valence-electron chi connectivity index (χ4n) is 2.41. The average Bonchev–Trinajstić information content (AvgIpc) is 3.05. The van der Waals surface area contributed by atoms with Crippen LogP contribution in [0, 0.1) is 0 Å². The van der Waals surface area contributed by atoms with Gasteiger partial charge in [0, 0.05) is 11.6 Å². The number of hydrogen-bond acceptors (Lipinski definition) is 6. The Morgan fingerprint density at radius 2 is 1.92 bits per heavy atom. The van der Waals surface area contributed by atoms with Crippen molar-refractivity contribution in [3.8, 4) is 5.75 Å². The third-order valence-corrected chi connectivity index (χ3v) is 4.07. The van der Waals surface area contributed by atoms with Gasteiger partial charge < -0.3 is 10.4 Å². The fraction of sp³-hybridized carbons (Fsp3) is 0.0588. The molecule has 0 saturated heterocycles. The smallest absolute Gasteiger partial charge is 0.259 e. The van der Waals surface area contributed by atoms with Crippen molar-refractivity contribution in [3.05, 3.63) is 54.2 Å². The Bertz CT molecular complexity index is 1050. The molecule has 2 aromatic carbocycles. The van der Waals surface area contributed by atoms with Crippen molar-refractivity contribution in [2.24, 2.45) is 0 Å². The van der Waals surface area contributed by atoms with E-state index in [0.717, 1.165) is 22.6 Å². The van der Waals surface area contributed by atoms with Crippen molar-refractivity contribution in [2.75, 3.05) is 5.32 Å². The number of aromatic nitrogens is 3. The van der Waals surface area contributed by atoms with Gasteiger partial charge in [-0.25, -0.2) is 0 Å². The van der Waals surface area contributed by atoms with E-state index in [0.29, 0.717) is 16.7 Å². The Kier molecular flexibility index (Phi) is 4.09. The van der Waals surface area contributed by atoms with Crippen molar-refractivity contribution >= 4 is 45.3 Å². The van der Waals surface area contributed by atoms with E-state index < -0.39 is 5.91 Å². The van der Waals surface area contributed by atoms with Gasteiger partial charge in [-0.15, -0.1) is 0 Å². The standard InChI is InChI=1S/C16H10N4O2S.CH4/c21-15-10(7-6-9-3-2-8-17-13(9)15)16(22)18-11-4-1-5-12-14(11)20-23-19-12;/h1-8,21H,(H,18,22);1H4. The minimum absolute atomic E-state index is 0. The predicted molar refractivity (Wildman–Crippen MR) is 95.5 cm³/mol. The van der Waals surface area contributed by atoms with Crippen LogP contribution in [-0.4, -0.2) is 24.7 Å². The van der Waals surface area contributed by atoms with E-state index in [2.05, 4.69) is 19.0 Å². The maximum atomic E-state index is 12.5. The minimum Gasteiger partial charge on any atom is -0.505 e. The van der Waals surface area contributed by atoms with E-state index in [1.54, 1.807) is 36.5 Å². The first kappa shape index (κ1) is 15.8. The van der Waals surface area contributed by atoms with Crippen molar-refractivity contribution < 1.29 is 9.90 Å². The molecule has 0 spiro atoms. The van der Waals surface area contributed by atoms with Gasteiger partial charge in [-0.1, -0.05) is 25.6 Å². The van der Waals surface area contributed by atoms with E-state index >= 15 is 0 Å². The molecule has 0 aliphatic heterocycles. The van der Waals surface area contributed by atoms with Crippen LogP contribution in [0.5, 0.6) is 5.75 Å². The van der Waals surface area contributed by atoms with Crippen LogP contribution in [0.2, 0.25) is 0 Å². The first-order chi connectivity index (χ1) is 11.2. The number of hydrogen-bond donors (Lipinski definition) is 2. The van der Waals surface area contributed by atoms with Gasteiger partial charge >= 0.3 is 0 Å². The first-order valence-electron chi connectivity index (χ1n) is 6.83. The zero-order chi connectivity index (χ0) is 15.8. The number of nitrogens with zero attached hydrogens (tertiary/aromatic N) is 3. The lowest BCUT2D eigenvalue weighted by molar-refractivity contribution is 0.102. The summed E-state index contributed by atoms with van der Waals surface area (Å²) in [6.07, 6.45) is 1.57. The van der Waals surface area contributed by atoms with E-state index in [-0.39, 0.29) is 18.7 Å². The van der Waals surface area contributed by atoms with Gasteiger partial charge in [0.1, 0.15) is 16.6 Å². The summed E-state index contributed by atoms with van der Waals surface area (Å²) in [5.74, 6) is -0.556. The van der Waals surface area contributed by atoms with Crippen molar-refractivity contribution in [1.29, 1.82) is 0 Å². The second kappa shape index (κ2) is 6.21. The highest BCUT2D eigenvalue weighted by atomic mass is 32.1. The lowest BCUT2D eigenvalue weighted by Gasteiger charge is -2.08. The molecule has 0 unspecified atom stereocenters. The van der Waals surface area contributed by atoms with E-state index in [1.165, 1.54) is 0 Å². The zero-order valence-electron chi connectivity index (χ0n) is 11.7. The van der Waals surface area contributed by atoms with Crippen LogP contribution in [0.25, 0.3) is 21.9 Å². The molecular formula is C17H14N4O2S. The molecule has 120 valence electrons. The number of fused-ring (bicyclic) bond motifs is 2. The van der Waals surface area contributed by atoms with Crippen LogP contribution in [0.15, 0.2) is 48.7 Å². The molecule has 0 aliphatic carbocycles. The molecule has 0 atom stereocenters. The molecule has 4 aromatic rings. The molecule has 2 aromatic heterocycles. The molecule has 4 rings (SSSR count). The van der Waals surface area contributed by atoms with Gasteiger partial charge in [0.05, 0.1) is 23.0 Å². The van der Waals surface area contributed by atoms with Gasteiger partial charge in [0.2, 0.25) is 0 Å². The first-order valence-corrected chi connectivity index (χ1v) is 7.56. The highest BCUT2D eigenvalue weighted by Crippen LogP contribution is 2.28. The molecule has 1 amide bonds. The summed E-state index contributed by atoms with van der Waals surface area (Å²) >= 11 is 1.08. The van der Waals surface area contributed by atoms with Crippen molar-refractivity contribution in [1.82, 2.24) is 13.7 Å². The number of carbonyl (C=O) groups excluding carboxylic acids is 1. The summed E-state index contributed by atoms with van der Waals surface area (Å²) in [7, 11) is 0. The van der Waals surface area contributed by atoms with Gasteiger partial charge in [0.25, 0.3) is 5.91 Å². The number of aromatic hydroxyl groups is 1. The molecule has 2 N–H and O–H groups in total. The number of phenols is 1. The Balaban J connectivity index is 0.00000169. The SMILES string of the molecule is C.O=C(Nc1cccc2nsnc12)c1ccc2cccnc2c1O. The topological polar surface area (TPSA) is 88.0 Å². The molecule has 7 heteroatoms. The summed E-state index contributed by atoms with van der Waals surface area (Å²) in [4.78, 5) is 16.6. The largest absolute Gasteiger partial charge is 0.505 e. The molecule has 0 saturated carbocycles. The zero-order valence-corrected chi connectivity index (χ0v) is 12.5. The van der Waals surface area contributed by atoms with Crippen LogP contribution in [0.3, 0.4) is 0 Å². The van der Waals surface area contributed by atoms with Crippen molar-refractivity contribution in [3.63, 3.8) is 0 Å². The minimum atomic E-state index is -0.421. The van der Waals surface area contributed by atoms with Crippen LogP contribution < -0.4 is 5.32 Å². The van der Waals surface area contributed by atoms with Crippen LogP contribution in [0.4, 0.5) is 5.69 Å². The number of benzene rings is 2. The van der Waals surface area contributed by atoms with Crippen LogP contribution in [-0.2, 0) is 0 Å². The second-order valence-electron chi connectivity index (χ2n) is 4.93. The molecule has 0 aliphatic rings. The average molecular weight is 338 g/mol. The van der Waals surface area contributed by atoms with Crippen molar-refractivity contribution in [2.45, 2.75) is 7.43 Å². The van der Waals surface area contributed by atoms with Gasteiger partial charge in [-0.2, -0.15) is 8.75 Å². The fourth-order valence-corrected chi connectivity index (χ4v) is 2.96. The second-order valence-corrected chi connectivity index (χ2v) is 5.46. The molecule has 0 fully saturated rings. The number of carbonyl (C=O) groups is 1. The lowest BCUT2D eigenvalue weighted by atomic mass is 10.1. The quantitative estimate of drug-likeness (QED) is 0.580. The molecule has 2 heterocycles.